The largest absolute Gasteiger partial charge is 0.493 e. The SMILES string of the molecule is I.NC(=NCC1(c2ccccc2Br)CC1)NC1CCOc2ccccc21. The number of guanidine groups is 1. The van der Waals surface area contributed by atoms with Crippen LogP contribution in [0.1, 0.15) is 36.4 Å². The number of nitrogens with zero attached hydrogens (tertiary/aromatic N) is 1. The van der Waals surface area contributed by atoms with E-state index in [-0.39, 0.29) is 35.4 Å². The van der Waals surface area contributed by atoms with Crippen molar-refractivity contribution in [2.45, 2.75) is 30.7 Å². The van der Waals surface area contributed by atoms with Gasteiger partial charge in [-0.2, -0.15) is 0 Å². The van der Waals surface area contributed by atoms with Crippen molar-refractivity contribution in [2.75, 3.05) is 13.2 Å². The minimum absolute atomic E-state index is 0. The average molecular weight is 528 g/mol. The molecule has 1 unspecified atom stereocenters. The van der Waals surface area contributed by atoms with Crippen molar-refractivity contribution in [2.24, 2.45) is 10.7 Å². The summed E-state index contributed by atoms with van der Waals surface area (Å²) in [6.45, 7) is 1.42. The molecule has 0 aromatic heterocycles. The van der Waals surface area contributed by atoms with Gasteiger partial charge in [-0.1, -0.05) is 52.3 Å². The van der Waals surface area contributed by atoms with E-state index in [0.29, 0.717) is 12.6 Å². The van der Waals surface area contributed by atoms with Gasteiger partial charge in [0, 0.05) is 21.9 Å². The van der Waals surface area contributed by atoms with Crippen LogP contribution in [-0.2, 0) is 5.41 Å². The van der Waals surface area contributed by atoms with Gasteiger partial charge in [0.25, 0.3) is 0 Å². The summed E-state index contributed by atoms with van der Waals surface area (Å²) in [6, 6.07) is 16.7. The van der Waals surface area contributed by atoms with E-state index in [9.17, 15) is 0 Å². The number of benzene rings is 2. The lowest BCUT2D eigenvalue weighted by Gasteiger charge is -2.27. The maximum absolute atomic E-state index is 6.20. The quantitative estimate of drug-likeness (QED) is 0.349. The molecule has 1 aliphatic heterocycles. The van der Waals surface area contributed by atoms with Crippen molar-refractivity contribution < 1.29 is 4.74 Å². The van der Waals surface area contributed by atoms with Crippen molar-refractivity contribution in [3.8, 4) is 5.75 Å². The predicted octanol–water partition coefficient (Wildman–Crippen LogP) is 4.53. The standard InChI is InChI=1S/C20H22BrN3O.HI/c21-16-7-3-2-6-15(16)20(10-11-20)13-23-19(22)24-17-9-12-25-18-8-4-1-5-14(17)18;/h1-8,17H,9-13H2,(H3,22,23,24);1H. The highest BCUT2D eigenvalue weighted by Gasteiger charge is 2.45. The van der Waals surface area contributed by atoms with E-state index in [2.05, 4.69) is 50.5 Å². The lowest BCUT2D eigenvalue weighted by molar-refractivity contribution is 0.262. The molecule has 138 valence electrons. The van der Waals surface area contributed by atoms with Gasteiger partial charge in [-0.05, 0) is 30.5 Å². The zero-order valence-electron chi connectivity index (χ0n) is 14.5. The number of aliphatic imine (C=N–C) groups is 1. The number of hydrogen-bond donors (Lipinski definition) is 2. The zero-order valence-corrected chi connectivity index (χ0v) is 18.4. The minimum atomic E-state index is 0. The Labute approximate surface area is 179 Å². The molecule has 2 aliphatic rings. The van der Waals surface area contributed by atoms with Crippen molar-refractivity contribution in [3.05, 3.63) is 64.1 Å². The summed E-state index contributed by atoms with van der Waals surface area (Å²) >= 11 is 3.67. The molecule has 1 heterocycles. The van der Waals surface area contributed by atoms with Gasteiger partial charge in [-0.3, -0.25) is 4.99 Å². The third kappa shape index (κ3) is 4.01. The van der Waals surface area contributed by atoms with E-state index in [1.54, 1.807) is 0 Å². The smallest absolute Gasteiger partial charge is 0.189 e. The van der Waals surface area contributed by atoms with Crippen LogP contribution in [0.3, 0.4) is 0 Å². The predicted molar refractivity (Wildman–Crippen MR) is 119 cm³/mol. The fourth-order valence-electron chi connectivity index (χ4n) is 3.51. The van der Waals surface area contributed by atoms with E-state index in [0.717, 1.165) is 41.6 Å². The second-order valence-corrected chi connectivity index (χ2v) is 7.69. The molecule has 1 fully saturated rings. The Bertz CT molecular complexity index is 807. The van der Waals surface area contributed by atoms with Gasteiger partial charge in [-0.25, -0.2) is 0 Å². The number of rotatable bonds is 4. The zero-order chi connectivity index (χ0) is 17.3. The van der Waals surface area contributed by atoms with Gasteiger partial charge < -0.3 is 15.8 Å². The monoisotopic (exact) mass is 527 g/mol. The first kappa shape index (κ1) is 19.5. The molecule has 26 heavy (non-hydrogen) atoms. The molecule has 2 aromatic carbocycles. The van der Waals surface area contributed by atoms with Crippen LogP contribution < -0.4 is 15.8 Å². The molecule has 1 saturated carbocycles. The van der Waals surface area contributed by atoms with E-state index in [1.165, 1.54) is 5.56 Å². The molecule has 0 amide bonds. The molecule has 2 aromatic rings. The van der Waals surface area contributed by atoms with Crippen LogP contribution in [0, 0.1) is 0 Å². The Morgan fingerprint density at radius 3 is 2.69 bits per heavy atom. The van der Waals surface area contributed by atoms with Gasteiger partial charge in [0.1, 0.15) is 5.75 Å². The second kappa shape index (κ2) is 8.17. The molecular weight excluding hydrogens is 505 g/mol. The Balaban J connectivity index is 0.00000196. The van der Waals surface area contributed by atoms with Crippen LogP contribution >= 0.6 is 39.9 Å². The molecule has 3 N–H and O–H groups in total. The molecule has 1 atom stereocenters. The van der Waals surface area contributed by atoms with Crippen molar-refractivity contribution >= 4 is 45.9 Å². The Hall–Kier alpha value is -1.28. The van der Waals surface area contributed by atoms with Crippen molar-refractivity contribution in [1.82, 2.24) is 5.32 Å². The van der Waals surface area contributed by atoms with Crippen molar-refractivity contribution in [1.29, 1.82) is 0 Å². The number of para-hydroxylation sites is 1. The van der Waals surface area contributed by atoms with Crippen LogP contribution in [0.15, 0.2) is 58.0 Å². The molecule has 0 radical (unpaired) electrons. The van der Waals surface area contributed by atoms with Gasteiger partial charge >= 0.3 is 0 Å². The first-order chi connectivity index (χ1) is 12.2. The molecule has 0 bridgehead atoms. The van der Waals surface area contributed by atoms with Gasteiger partial charge in [-0.15, -0.1) is 24.0 Å². The summed E-state index contributed by atoms with van der Waals surface area (Å²) in [4.78, 5) is 4.66. The van der Waals surface area contributed by atoms with Gasteiger partial charge in [0.15, 0.2) is 5.96 Å². The summed E-state index contributed by atoms with van der Waals surface area (Å²) in [5, 5.41) is 3.38. The first-order valence-corrected chi connectivity index (χ1v) is 9.50. The second-order valence-electron chi connectivity index (χ2n) is 6.83. The number of nitrogens with one attached hydrogen (secondary N) is 1. The molecule has 6 heteroatoms. The van der Waals surface area contributed by atoms with E-state index < -0.39 is 0 Å². The van der Waals surface area contributed by atoms with E-state index >= 15 is 0 Å². The lowest BCUT2D eigenvalue weighted by atomic mass is 9.96. The van der Waals surface area contributed by atoms with E-state index in [4.69, 9.17) is 10.5 Å². The third-order valence-corrected chi connectivity index (χ3v) is 5.82. The van der Waals surface area contributed by atoms with Crippen LogP contribution in [0.4, 0.5) is 0 Å². The fourth-order valence-corrected chi connectivity index (χ4v) is 4.21. The summed E-state index contributed by atoms with van der Waals surface area (Å²) in [5.74, 6) is 1.45. The molecule has 0 saturated heterocycles. The van der Waals surface area contributed by atoms with Crippen molar-refractivity contribution in [3.63, 3.8) is 0 Å². The highest BCUT2D eigenvalue weighted by molar-refractivity contribution is 14.0. The minimum Gasteiger partial charge on any atom is -0.493 e. The maximum Gasteiger partial charge on any atom is 0.189 e. The molecule has 0 spiro atoms. The third-order valence-electron chi connectivity index (χ3n) is 5.13. The maximum atomic E-state index is 6.20. The summed E-state index contributed by atoms with van der Waals surface area (Å²) in [7, 11) is 0. The molecule has 4 rings (SSSR count). The van der Waals surface area contributed by atoms with Crippen LogP contribution in [0.2, 0.25) is 0 Å². The molecular formula is C20H23BrIN3O. The Kier molecular flexibility index (Phi) is 6.12. The summed E-state index contributed by atoms with van der Waals surface area (Å²) in [6.07, 6.45) is 3.21. The van der Waals surface area contributed by atoms with Crippen LogP contribution in [-0.4, -0.2) is 19.1 Å². The first-order valence-electron chi connectivity index (χ1n) is 8.71. The molecule has 1 aliphatic carbocycles. The summed E-state index contributed by atoms with van der Waals surface area (Å²) in [5.41, 5.74) is 8.83. The average Bonchev–Trinajstić information content (AvgIpc) is 3.42. The number of fused-ring (bicyclic) bond motifs is 1. The number of halogens is 2. The highest BCUT2D eigenvalue weighted by atomic mass is 127. The number of nitrogens with two attached hydrogens (primary N) is 1. The fraction of sp³-hybridized carbons (Fsp3) is 0.350. The normalized spacial score (nSPS) is 20.3. The number of hydrogen-bond acceptors (Lipinski definition) is 2. The van der Waals surface area contributed by atoms with Gasteiger partial charge in [0.05, 0.1) is 19.2 Å². The summed E-state index contributed by atoms with van der Waals surface area (Å²) < 4.78 is 6.86. The lowest BCUT2D eigenvalue weighted by Crippen LogP contribution is -2.38. The topological polar surface area (TPSA) is 59.6 Å². The van der Waals surface area contributed by atoms with E-state index in [1.807, 2.05) is 24.3 Å². The highest BCUT2D eigenvalue weighted by Crippen LogP contribution is 2.50. The van der Waals surface area contributed by atoms with Crippen LogP contribution in [0.5, 0.6) is 5.75 Å². The Morgan fingerprint density at radius 1 is 1.19 bits per heavy atom. The molecule has 4 nitrogen and oxygen atoms in total. The Morgan fingerprint density at radius 2 is 1.92 bits per heavy atom. The number of ether oxygens (including phenoxy) is 1. The van der Waals surface area contributed by atoms with Crippen LogP contribution in [0.25, 0.3) is 0 Å². The van der Waals surface area contributed by atoms with Gasteiger partial charge in [0.2, 0.25) is 0 Å².